The van der Waals surface area contributed by atoms with Crippen molar-refractivity contribution in [1.29, 1.82) is 0 Å². The molecule has 0 radical (unpaired) electrons. The maximum atomic E-state index is 10.6. The molecule has 0 spiro atoms. The Morgan fingerprint density at radius 3 is 2.53 bits per heavy atom. The summed E-state index contributed by atoms with van der Waals surface area (Å²) in [6, 6.07) is 5.12. The van der Waals surface area contributed by atoms with E-state index in [1.165, 1.54) is 7.11 Å². The molecule has 1 unspecified atom stereocenters. The molecule has 94 valence electrons. The van der Waals surface area contributed by atoms with E-state index in [1.807, 2.05) is 0 Å². The van der Waals surface area contributed by atoms with Crippen molar-refractivity contribution in [3.05, 3.63) is 23.8 Å². The zero-order chi connectivity index (χ0) is 12.8. The Labute approximate surface area is 100 Å². The molecule has 5 nitrogen and oxygen atoms in total. The second-order valence-corrected chi connectivity index (χ2v) is 3.64. The number of aliphatic hydroxyl groups is 1. The van der Waals surface area contributed by atoms with Gasteiger partial charge in [0.05, 0.1) is 20.3 Å². The van der Waals surface area contributed by atoms with E-state index in [0.29, 0.717) is 23.5 Å². The van der Waals surface area contributed by atoms with Crippen LogP contribution in [0.15, 0.2) is 18.2 Å². The average Bonchev–Trinajstić information content (AvgIpc) is 2.34. The van der Waals surface area contributed by atoms with E-state index >= 15 is 0 Å². The molecule has 1 aromatic carbocycles. The van der Waals surface area contributed by atoms with Crippen molar-refractivity contribution < 1.29 is 19.4 Å². The maximum absolute atomic E-state index is 10.6. The van der Waals surface area contributed by atoms with E-state index in [1.54, 1.807) is 25.3 Å². The average molecular weight is 239 g/mol. The van der Waals surface area contributed by atoms with Crippen molar-refractivity contribution in [3.8, 4) is 11.5 Å². The Morgan fingerprint density at radius 1 is 1.35 bits per heavy atom. The molecule has 1 aromatic rings. The van der Waals surface area contributed by atoms with Crippen LogP contribution in [0.5, 0.6) is 11.5 Å². The molecule has 0 bridgehead atoms. The van der Waals surface area contributed by atoms with E-state index in [2.05, 4.69) is 0 Å². The van der Waals surface area contributed by atoms with Gasteiger partial charge >= 0.3 is 0 Å². The number of methoxy groups -OCH3 is 2. The van der Waals surface area contributed by atoms with Crippen LogP contribution in [0.1, 0.15) is 24.5 Å². The zero-order valence-corrected chi connectivity index (χ0v) is 9.97. The fraction of sp³-hybridized carbons (Fsp3) is 0.417. The molecule has 0 fully saturated rings. The predicted molar refractivity (Wildman–Crippen MR) is 62.9 cm³/mol. The third kappa shape index (κ3) is 3.64. The molecule has 0 saturated carbocycles. The van der Waals surface area contributed by atoms with Gasteiger partial charge in [-0.1, -0.05) is 6.07 Å². The van der Waals surface area contributed by atoms with Crippen LogP contribution in [0.25, 0.3) is 0 Å². The van der Waals surface area contributed by atoms with Gasteiger partial charge in [0.2, 0.25) is 5.91 Å². The number of hydrogen-bond acceptors (Lipinski definition) is 4. The van der Waals surface area contributed by atoms with E-state index < -0.39 is 12.0 Å². The van der Waals surface area contributed by atoms with Crippen LogP contribution in [-0.2, 0) is 4.79 Å². The molecule has 17 heavy (non-hydrogen) atoms. The molecule has 0 heterocycles. The van der Waals surface area contributed by atoms with Gasteiger partial charge in [0, 0.05) is 6.42 Å². The van der Waals surface area contributed by atoms with E-state index in [0.717, 1.165) is 0 Å². The number of primary amides is 1. The molecule has 1 atom stereocenters. The predicted octanol–water partition coefficient (Wildman–Crippen LogP) is 1.00. The molecule has 5 heteroatoms. The van der Waals surface area contributed by atoms with Gasteiger partial charge in [-0.25, -0.2) is 0 Å². The first-order valence-electron chi connectivity index (χ1n) is 5.26. The molecule has 0 aliphatic heterocycles. The van der Waals surface area contributed by atoms with Crippen molar-refractivity contribution >= 4 is 5.91 Å². The highest BCUT2D eigenvalue weighted by Crippen LogP contribution is 2.31. The summed E-state index contributed by atoms with van der Waals surface area (Å²) in [6.07, 6.45) is -0.289. The first kappa shape index (κ1) is 13.3. The van der Waals surface area contributed by atoms with E-state index in [-0.39, 0.29) is 6.42 Å². The molecule has 3 N–H and O–H groups in total. The second kappa shape index (κ2) is 6.10. The third-order valence-corrected chi connectivity index (χ3v) is 2.46. The molecule has 1 amide bonds. The van der Waals surface area contributed by atoms with Crippen LogP contribution < -0.4 is 15.2 Å². The fourth-order valence-electron chi connectivity index (χ4n) is 1.51. The summed E-state index contributed by atoms with van der Waals surface area (Å²) < 4.78 is 10.2. The van der Waals surface area contributed by atoms with Crippen LogP contribution in [0.3, 0.4) is 0 Å². The lowest BCUT2D eigenvalue weighted by Gasteiger charge is -2.13. The quantitative estimate of drug-likeness (QED) is 0.776. The third-order valence-electron chi connectivity index (χ3n) is 2.46. The first-order chi connectivity index (χ1) is 8.08. The van der Waals surface area contributed by atoms with Gasteiger partial charge in [-0.2, -0.15) is 0 Å². The summed E-state index contributed by atoms with van der Waals surface area (Å²) >= 11 is 0. The number of ether oxygens (including phenoxy) is 2. The summed E-state index contributed by atoms with van der Waals surface area (Å²) in [7, 11) is 3.07. The molecule has 0 saturated heterocycles. The lowest BCUT2D eigenvalue weighted by atomic mass is 10.0. The van der Waals surface area contributed by atoms with Crippen LogP contribution in [0.4, 0.5) is 0 Å². The Hall–Kier alpha value is -1.75. The number of benzene rings is 1. The van der Waals surface area contributed by atoms with E-state index in [9.17, 15) is 9.90 Å². The number of amides is 1. The molecule has 0 aliphatic carbocycles. The Kier molecular flexibility index (Phi) is 4.78. The Morgan fingerprint density at radius 2 is 2.00 bits per heavy atom. The van der Waals surface area contributed by atoms with Crippen LogP contribution >= 0.6 is 0 Å². The van der Waals surface area contributed by atoms with Gasteiger partial charge in [0.15, 0.2) is 11.5 Å². The number of carbonyl (C=O) groups excluding carboxylic acids is 1. The summed E-state index contributed by atoms with van der Waals surface area (Å²) in [5, 5.41) is 9.85. The molecular formula is C12H17NO4. The van der Waals surface area contributed by atoms with Crippen LogP contribution in [0.2, 0.25) is 0 Å². The van der Waals surface area contributed by atoms with Crippen molar-refractivity contribution in [2.24, 2.45) is 5.73 Å². The van der Waals surface area contributed by atoms with Gasteiger partial charge in [0.1, 0.15) is 0 Å². The van der Waals surface area contributed by atoms with Crippen molar-refractivity contribution in [2.75, 3.05) is 14.2 Å². The van der Waals surface area contributed by atoms with Gasteiger partial charge in [-0.15, -0.1) is 0 Å². The molecule has 1 rings (SSSR count). The normalized spacial score (nSPS) is 11.9. The number of nitrogens with two attached hydrogens (primary N) is 1. The highest BCUT2D eigenvalue weighted by Gasteiger charge is 2.12. The topological polar surface area (TPSA) is 81.8 Å². The smallest absolute Gasteiger partial charge is 0.217 e. The van der Waals surface area contributed by atoms with Gasteiger partial charge < -0.3 is 20.3 Å². The number of carbonyl (C=O) groups is 1. The minimum absolute atomic E-state index is 0.148. The summed E-state index contributed by atoms with van der Waals surface area (Å²) in [6.45, 7) is 0. The lowest BCUT2D eigenvalue weighted by molar-refractivity contribution is -0.118. The molecule has 0 aliphatic rings. The molecule has 0 aromatic heterocycles. The first-order valence-corrected chi connectivity index (χ1v) is 5.26. The van der Waals surface area contributed by atoms with Crippen LogP contribution in [0, 0.1) is 0 Å². The van der Waals surface area contributed by atoms with Crippen molar-refractivity contribution in [1.82, 2.24) is 0 Å². The molecular weight excluding hydrogens is 222 g/mol. The standard InChI is InChI=1S/C12H17NO4/c1-16-10-5-3-8(7-11(10)17-2)9(14)4-6-12(13)15/h3,5,7,9,14H,4,6H2,1-2H3,(H2,13,15). The highest BCUT2D eigenvalue weighted by molar-refractivity contribution is 5.73. The highest BCUT2D eigenvalue weighted by atomic mass is 16.5. The van der Waals surface area contributed by atoms with Crippen molar-refractivity contribution in [2.45, 2.75) is 18.9 Å². The van der Waals surface area contributed by atoms with E-state index in [4.69, 9.17) is 15.2 Å². The maximum Gasteiger partial charge on any atom is 0.217 e. The SMILES string of the molecule is COc1ccc(C(O)CCC(N)=O)cc1OC. The summed E-state index contributed by atoms with van der Waals surface area (Å²) in [4.78, 5) is 10.6. The monoisotopic (exact) mass is 239 g/mol. The van der Waals surface area contributed by atoms with Gasteiger partial charge in [-0.3, -0.25) is 4.79 Å². The second-order valence-electron chi connectivity index (χ2n) is 3.64. The fourth-order valence-corrected chi connectivity index (χ4v) is 1.51. The largest absolute Gasteiger partial charge is 0.493 e. The zero-order valence-electron chi connectivity index (χ0n) is 9.97. The number of aliphatic hydroxyl groups excluding tert-OH is 1. The van der Waals surface area contributed by atoms with Crippen molar-refractivity contribution in [3.63, 3.8) is 0 Å². The number of rotatable bonds is 6. The van der Waals surface area contributed by atoms with Gasteiger partial charge in [-0.05, 0) is 24.1 Å². The van der Waals surface area contributed by atoms with Crippen LogP contribution in [-0.4, -0.2) is 25.2 Å². The summed E-state index contributed by atoms with van der Waals surface area (Å²) in [5.41, 5.74) is 5.70. The van der Waals surface area contributed by atoms with Gasteiger partial charge in [0.25, 0.3) is 0 Å². The minimum Gasteiger partial charge on any atom is -0.493 e. The minimum atomic E-state index is -0.734. The Balaban J connectivity index is 2.80. The lowest BCUT2D eigenvalue weighted by Crippen LogP contribution is -2.12. The summed E-state index contributed by atoms with van der Waals surface area (Å²) in [5.74, 6) is 0.714. The Bertz CT molecular complexity index is 392. The number of hydrogen-bond donors (Lipinski definition) is 2.